The zero-order valence-corrected chi connectivity index (χ0v) is 13.4. The van der Waals surface area contributed by atoms with Gasteiger partial charge in [0.25, 0.3) is 0 Å². The Kier molecular flexibility index (Phi) is 6.23. The third-order valence-corrected chi connectivity index (χ3v) is 3.17. The van der Waals surface area contributed by atoms with Crippen molar-refractivity contribution in [2.75, 3.05) is 13.7 Å². The van der Waals surface area contributed by atoms with Crippen LogP contribution in [0.15, 0.2) is 47.6 Å². The lowest BCUT2D eigenvalue weighted by molar-refractivity contribution is 0.373. The summed E-state index contributed by atoms with van der Waals surface area (Å²) in [6.45, 7) is 3.83. The van der Waals surface area contributed by atoms with Crippen LogP contribution in [0.1, 0.15) is 18.2 Å². The number of pyridine rings is 1. The molecular formula is C17H22N4O2. The Bertz CT molecular complexity index is 644. The normalized spacial score (nSPS) is 11.1. The monoisotopic (exact) mass is 314 g/mol. The van der Waals surface area contributed by atoms with Crippen molar-refractivity contribution in [2.45, 2.75) is 20.0 Å². The Morgan fingerprint density at radius 3 is 2.78 bits per heavy atom. The number of phenols is 1. The van der Waals surface area contributed by atoms with Gasteiger partial charge in [-0.25, -0.2) is 4.99 Å². The minimum Gasteiger partial charge on any atom is -0.504 e. The average molecular weight is 314 g/mol. The molecule has 6 nitrogen and oxygen atoms in total. The van der Waals surface area contributed by atoms with E-state index in [0.717, 1.165) is 17.8 Å². The molecule has 0 saturated heterocycles. The van der Waals surface area contributed by atoms with E-state index in [-0.39, 0.29) is 5.75 Å². The summed E-state index contributed by atoms with van der Waals surface area (Å²) < 4.78 is 5.03. The predicted octanol–water partition coefficient (Wildman–Crippen LogP) is 2.05. The van der Waals surface area contributed by atoms with Crippen molar-refractivity contribution in [3.05, 3.63) is 53.9 Å². The molecule has 23 heavy (non-hydrogen) atoms. The molecule has 1 aromatic carbocycles. The summed E-state index contributed by atoms with van der Waals surface area (Å²) in [5.74, 6) is 1.28. The first kappa shape index (κ1) is 16.6. The second-order valence-electron chi connectivity index (χ2n) is 4.88. The highest BCUT2D eigenvalue weighted by Crippen LogP contribution is 2.26. The van der Waals surface area contributed by atoms with Crippen molar-refractivity contribution >= 4 is 5.96 Å². The summed E-state index contributed by atoms with van der Waals surface area (Å²) in [6, 6.07) is 11.1. The maximum absolute atomic E-state index is 9.80. The lowest BCUT2D eigenvalue weighted by Gasteiger charge is -2.11. The van der Waals surface area contributed by atoms with Crippen molar-refractivity contribution in [3.63, 3.8) is 0 Å². The van der Waals surface area contributed by atoms with Crippen LogP contribution < -0.4 is 15.4 Å². The van der Waals surface area contributed by atoms with E-state index in [1.165, 1.54) is 7.11 Å². The van der Waals surface area contributed by atoms with Crippen LogP contribution in [0.5, 0.6) is 11.5 Å². The number of ether oxygens (including phenoxy) is 1. The SMILES string of the molecule is CCNC(=NCc1ccc(OC)c(O)c1)NCc1ccccn1. The van der Waals surface area contributed by atoms with Gasteiger partial charge in [0, 0.05) is 12.7 Å². The number of nitrogens with zero attached hydrogens (tertiary/aromatic N) is 2. The van der Waals surface area contributed by atoms with Crippen LogP contribution in [0, 0.1) is 0 Å². The molecule has 0 unspecified atom stereocenters. The first-order valence-corrected chi connectivity index (χ1v) is 7.51. The summed E-state index contributed by atoms with van der Waals surface area (Å²) in [6.07, 6.45) is 1.77. The molecule has 0 radical (unpaired) electrons. The first-order valence-electron chi connectivity index (χ1n) is 7.51. The molecule has 0 spiro atoms. The third kappa shape index (κ3) is 5.18. The fraction of sp³-hybridized carbons (Fsp3) is 0.294. The molecule has 0 aliphatic carbocycles. The van der Waals surface area contributed by atoms with Crippen molar-refractivity contribution in [3.8, 4) is 11.5 Å². The van der Waals surface area contributed by atoms with Crippen LogP contribution >= 0.6 is 0 Å². The van der Waals surface area contributed by atoms with E-state index in [4.69, 9.17) is 4.74 Å². The number of phenolic OH excluding ortho intramolecular Hbond substituents is 1. The number of methoxy groups -OCH3 is 1. The van der Waals surface area contributed by atoms with E-state index >= 15 is 0 Å². The van der Waals surface area contributed by atoms with Gasteiger partial charge in [-0.05, 0) is 36.8 Å². The number of aromatic nitrogens is 1. The Morgan fingerprint density at radius 1 is 1.26 bits per heavy atom. The van der Waals surface area contributed by atoms with E-state index in [2.05, 4.69) is 20.6 Å². The van der Waals surface area contributed by atoms with Gasteiger partial charge in [-0.2, -0.15) is 0 Å². The maximum atomic E-state index is 9.80. The Hall–Kier alpha value is -2.76. The quantitative estimate of drug-likeness (QED) is 0.562. The highest BCUT2D eigenvalue weighted by molar-refractivity contribution is 5.79. The third-order valence-electron chi connectivity index (χ3n) is 3.17. The molecule has 0 bridgehead atoms. The van der Waals surface area contributed by atoms with Gasteiger partial charge >= 0.3 is 0 Å². The second-order valence-corrected chi connectivity index (χ2v) is 4.88. The van der Waals surface area contributed by atoms with Gasteiger partial charge in [0.2, 0.25) is 0 Å². The van der Waals surface area contributed by atoms with E-state index in [1.54, 1.807) is 18.3 Å². The lowest BCUT2D eigenvalue weighted by Crippen LogP contribution is -2.36. The largest absolute Gasteiger partial charge is 0.504 e. The fourth-order valence-corrected chi connectivity index (χ4v) is 2.02. The summed E-state index contributed by atoms with van der Waals surface area (Å²) in [7, 11) is 1.53. The smallest absolute Gasteiger partial charge is 0.191 e. The topological polar surface area (TPSA) is 78.8 Å². The molecule has 1 aromatic heterocycles. The second kappa shape index (κ2) is 8.63. The predicted molar refractivity (Wildman–Crippen MR) is 90.6 cm³/mol. The van der Waals surface area contributed by atoms with Crippen LogP contribution in [0.2, 0.25) is 0 Å². The molecule has 0 saturated carbocycles. The van der Waals surface area contributed by atoms with Crippen LogP contribution in [-0.4, -0.2) is 29.7 Å². The Morgan fingerprint density at radius 2 is 2.13 bits per heavy atom. The molecule has 2 aromatic rings. The molecule has 0 aliphatic heterocycles. The molecule has 3 N–H and O–H groups in total. The average Bonchev–Trinajstić information content (AvgIpc) is 2.58. The number of benzene rings is 1. The summed E-state index contributed by atoms with van der Waals surface area (Å²) >= 11 is 0. The molecule has 0 fully saturated rings. The van der Waals surface area contributed by atoms with Gasteiger partial charge in [-0.15, -0.1) is 0 Å². The standard InChI is InChI=1S/C17H22N4O2/c1-3-18-17(21-12-14-6-4-5-9-19-14)20-11-13-7-8-16(23-2)15(22)10-13/h4-10,22H,3,11-12H2,1-2H3,(H2,18,20,21). The summed E-state index contributed by atoms with van der Waals surface area (Å²) in [4.78, 5) is 8.78. The maximum Gasteiger partial charge on any atom is 0.191 e. The van der Waals surface area contributed by atoms with Gasteiger partial charge in [-0.1, -0.05) is 12.1 Å². The van der Waals surface area contributed by atoms with Gasteiger partial charge < -0.3 is 20.5 Å². The van der Waals surface area contributed by atoms with Gasteiger partial charge in [0.1, 0.15) is 0 Å². The van der Waals surface area contributed by atoms with Crippen molar-refractivity contribution < 1.29 is 9.84 Å². The molecule has 0 aliphatic rings. The molecular weight excluding hydrogens is 292 g/mol. The number of guanidine groups is 1. The lowest BCUT2D eigenvalue weighted by atomic mass is 10.2. The zero-order valence-electron chi connectivity index (χ0n) is 13.4. The van der Waals surface area contributed by atoms with Gasteiger partial charge in [0.15, 0.2) is 17.5 Å². The van der Waals surface area contributed by atoms with Crippen LogP contribution in [0.25, 0.3) is 0 Å². The molecule has 0 atom stereocenters. The summed E-state index contributed by atoms with van der Waals surface area (Å²) in [5, 5.41) is 16.2. The molecule has 1 heterocycles. The van der Waals surface area contributed by atoms with E-state index in [9.17, 15) is 5.11 Å². The van der Waals surface area contributed by atoms with Crippen LogP contribution in [0.4, 0.5) is 0 Å². The van der Waals surface area contributed by atoms with E-state index in [1.807, 2.05) is 31.2 Å². The van der Waals surface area contributed by atoms with Crippen LogP contribution in [0.3, 0.4) is 0 Å². The fourth-order valence-electron chi connectivity index (χ4n) is 2.02. The molecule has 122 valence electrons. The van der Waals surface area contributed by atoms with E-state index in [0.29, 0.717) is 24.8 Å². The number of hydrogen-bond donors (Lipinski definition) is 3. The number of rotatable bonds is 6. The van der Waals surface area contributed by atoms with Crippen LogP contribution in [-0.2, 0) is 13.1 Å². The highest BCUT2D eigenvalue weighted by atomic mass is 16.5. The summed E-state index contributed by atoms with van der Waals surface area (Å²) in [5.41, 5.74) is 1.85. The Balaban J connectivity index is 1.99. The number of hydrogen-bond acceptors (Lipinski definition) is 4. The minimum absolute atomic E-state index is 0.117. The molecule has 2 rings (SSSR count). The number of aliphatic imine (C=N–C) groups is 1. The van der Waals surface area contributed by atoms with E-state index < -0.39 is 0 Å². The molecule has 0 amide bonds. The molecule has 6 heteroatoms. The first-order chi connectivity index (χ1) is 11.2. The number of aromatic hydroxyl groups is 1. The zero-order chi connectivity index (χ0) is 16.5. The van der Waals surface area contributed by atoms with Crippen molar-refractivity contribution in [2.24, 2.45) is 4.99 Å². The van der Waals surface area contributed by atoms with Crippen molar-refractivity contribution in [1.29, 1.82) is 0 Å². The number of nitrogens with one attached hydrogen (secondary N) is 2. The van der Waals surface area contributed by atoms with Gasteiger partial charge in [0.05, 0.1) is 25.9 Å². The van der Waals surface area contributed by atoms with Gasteiger partial charge in [-0.3, -0.25) is 4.98 Å². The van der Waals surface area contributed by atoms with Crippen molar-refractivity contribution in [1.82, 2.24) is 15.6 Å². The highest BCUT2D eigenvalue weighted by Gasteiger charge is 2.03. The Labute approximate surface area is 136 Å². The minimum atomic E-state index is 0.117.